The average molecular weight is 315 g/mol. The van der Waals surface area contributed by atoms with Crippen LogP contribution >= 0.6 is 0 Å². The van der Waals surface area contributed by atoms with Crippen LogP contribution in [0.2, 0.25) is 0 Å². The van der Waals surface area contributed by atoms with E-state index in [1.54, 1.807) is 0 Å². The van der Waals surface area contributed by atoms with Gasteiger partial charge in [0.05, 0.1) is 0 Å². The first kappa shape index (κ1) is 14.7. The van der Waals surface area contributed by atoms with Gasteiger partial charge in [-0.3, -0.25) is 0 Å². The second-order valence-electron chi connectivity index (χ2n) is 6.17. The van der Waals surface area contributed by atoms with Gasteiger partial charge in [0.15, 0.2) is 0 Å². The first-order valence-corrected chi connectivity index (χ1v) is 8.12. The van der Waals surface area contributed by atoms with E-state index in [2.05, 4.69) is 54.4 Å². The summed E-state index contributed by atoms with van der Waals surface area (Å²) in [6.45, 7) is 2.11. The second-order valence-corrected chi connectivity index (χ2v) is 6.17. The quantitative estimate of drug-likeness (QED) is 0.486. The molecule has 0 aliphatic carbocycles. The van der Waals surface area contributed by atoms with Crippen LogP contribution in [0.5, 0.6) is 0 Å². The largest absolute Gasteiger partial charge is 0.354 e. The lowest BCUT2D eigenvalue weighted by Crippen LogP contribution is -1.87. The zero-order valence-electron chi connectivity index (χ0n) is 13.5. The Morgan fingerprint density at radius 1 is 0.833 bits per heavy atom. The Kier molecular flexibility index (Phi) is 3.66. The summed E-state index contributed by atoms with van der Waals surface area (Å²) < 4.78 is 13.2. The smallest absolute Gasteiger partial charge is 0.123 e. The minimum Gasteiger partial charge on any atom is -0.354 e. The van der Waals surface area contributed by atoms with E-state index in [1.165, 1.54) is 34.2 Å². The SMILES string of the molecule is Cc1c(-c2ccc(F)cc2)[nH]c2ccc(Cc3ccccc3)cc12. The number of aryl methyl sites for hydroxylation is 1. The number of benzene rings is 3. The molecule has 1 N–H and O–H groups in total. The van der Waals surface area contributed by atoms with Crippen LogP contribution in [-0.4, -0.2) is 4.98 Å². The van der Waals surface area contributed by atoms with Crippen LogP contribution in [0.1, 0.15) is 16.7 Å². The van der Waals surface area contributed by atoms with E-state index in [4.69, 9.17) is 0 Å². The van der Waals surface area contributed by atoms with Crippen molar-refractivity contribution < 1.29 is 4.39 Å². The lowest BCUT2D eigenvalue weighted by molar-refractivity contribution is 0.628. The maximum absolute atomic E-state index is 13.2. The number of fused-ring (bicyclic) bond motifs is 1. The Hall–Kier alpha value is -2.87. The molecular weight excluding hydrogens is 297 g/mol. The first-order valence-electron chi connectivity index (χ1n) is 8.12. The molecule has 0 bridgehead atoms. The summed E-state index contributed by atoms with van der Waals surface area (Å²) in [6.07, 6.45) is 0.924. The van der Waals surface area contributed by atoms with Gasteiger partial charge in [-0.2, -0.15) is 0 Å². The molecular formula is C22H18FN. The summed E-state index contributed by atoms with van der Waals surface area (Å²) in [6, 6.07) is 23.7. The molecule has 3 aromatic carbocycles. The highest BCUT2D eigenvalue weighted by Crippen LogP contribution is 2.30. The van der Waals surface area contributed by atoms with Gasteiger partial charge in [-0.1, -0.05) is 36.4 Å². The summed E-state index contributed by atoms with van der Waals surface area (Å²) in [7, 11) is 0. The van der Waals surface area contributed by atoms with Crippen molar-refractivity contribution in [3.8, 4) is 11.3 Å². The number of halogens is 1. The number of aromatic nitrogens is 1. The molecule has 4 aromatic rings. The fourth-order valence-corrected chi connectivity index (χ4v) is 3.22. The van der Waals surface area contributed by atoms with Gasteiger partial charge in [0, 0.05) is 16.6 Å². The number of H-pyrrole nitrogens is 1. The molecule has 0 aliphatic rings. The van der Waals surface area contributed by atoms with Crippen molar-refractivity contribution in [2.24, 2.45) is 0 Å². The average Bonchev–Trinajstić information content (AvgIpc) is 2.93. The lowest BCUT2D eigenvalue weighted by atomic mass is 10.0. The third kappa shape index (κ3) is 2.71. The maximum Gasteiger partial charge on any atom is 0.123 e. The van der Waals surface area contributed by atoms with E-state index in [0.29, 0.717) is 0 Å². The van der Waals surface area contributed by atoms with E-state index >= 15 is 0 Å². The molecule has 0 amide bonds. The van der Waals surface area contributed by atoms with Crippen molar-refractivity contribution in [2.75, 3.05) is 0 Å². The van der Waals surface area contributed by atoms with Crippen LogP contribution in [0.3, 0.4) is 0 Å². The summed E-state index contributed by atoms with van der Waals surface area (Å²) in [5.41, 5.74) is 6.98. The minimum atomic E-state index is -0.210. The molecule has 0 saturated heterocycles. The van der Waals surface area contributed by atoms with Gasteiger partial charge in [0.1, 0.15) is 5.82 Å². The summed E-state index contributed by atoms with van der Waals surface area (Å²) >= 11 is 0. The van der Waals surface area contributed by atoms with E-state index < -0.39 is 0 Å². The predicted octanol–water partition coefficient (Wildman–Crippen LogP) is 5.87. The van der Waals surface area contributed by atoms with Gasteiger partial charge >= 0.3 is 0 Å². The van der Waals surface area contributed by atoms with E-state index in [9.17, 15) is 4.39 Å². The van der Waals surface area contributed by atoms with Crippen molar-refractivity contribution in [3.05, 3.63) is 95.3 Å². The summed E-state index contributed by atoms with van der Waals surface area (Å²) in [5, 5.41) is 1.22. The Morgan fingerprint density at radius 2 is 1.58 bits per heavy atom. The first-order chi connectivity index (χ1) is 11.7. The van der Waals surface area contributed by atoms with Crippen LogP contribution in [0.4, 0.5) is 4.39 Å². The number of hydrogen-bond donors (Lipinski definition) is 1. The van der Waals surface area contributed by atoms with E-state index in [1.807, 2.05) is 18.2 Å². The molecule has 1 nitrogen and oxygen atoms in total. The third-order valence-electron chi connectivity index (χ3n) is 4.51. The minimum absolute atomic E-state index is 0.210. The maximum atomic E-state index is 13.2. The van der Waals surface area contributed by atoms with Gasteiger partial charge in [0.2, 0.25) is 0 Å². The molecule has 0 aliphatic heterocycles. The predicted molar refractivity (Wildman–Crippen MR) is 97.7 cm³/mol. The molecule has 4 rings (SSSR count). The normalized spacial score (nSPS) is 11.1. The zero-order valence-corrected chi connectivity index (χ0v) is 13.5. The molecule has 1 heterocycles. The van der Waals surface area contributed by atoms with Gasteiger partial charge in [0.25, 0.3) is 0 Å². The van der Waals surface area contributed by atoms with Crippen LogP contribution in [0, 0.1) is 12.7 Å². The zero-order chi connectivity index (χ0) is 16.5. The molecule has 0 spiro atoms. The van der Waals surface area contributed by atoms with Crippen molar-refractivity contribution in [1.29, 1.82) is 0 Å². The van der Waals surface area contributed by atoms with Crippen molar-refractivity contribution in [2.45, 2.75) is 13.3 Å². The fraction of sp³-hybridized carbons (Fsp3) is 0.0909. The lowest BCUT2D eigenvalue weighted by Gasteiger charge is -2.03. The molecule has 0 unspecified atom stereocenters. The van der Waals surface area contributed by atoms with E-state index in [-0.39, 0.29) is 5.82 Å². The molecule has 0 atom stereocenters. The topological polar surface area (TPSA) is 15.8 Å². The van der Waals surface area contributed by atoms with Gasteiger partial charge in [-0.15, -0.1) is 0 Å². The van der Waals surface area contributed by atoms with Crippen molar-refractivity contribution >= 4 is 10.9 Å². The molecule has 24 heavy (non-hydrogen) atoms. The van der Waals surface area contributed by atoms with Crippen LogP contribution in [0.15, 0.2) is 72.8 Å². The Labute approximate surface area is 140 Å². The Balaban J connectivity index is 1.74. The standard InChI is InChI=1S/C22H18FN/c1-15-20-14-17(13-16-5-3-2-4-6-16)7-12-21(20)24-22(15)18-8-10-19(23)11-9-18/h2-12,14,24H,13H2,1H3. The number of rotatable bonds is 3. The molecule has 2 heteroatoms. The van der Waals surface area contributed by atoms with Crippen molar-refractivity contribution in [1.82, 2.24) is 4.98 Å². The van der Waals surface area contributed by atoms with Crippen LogP contribution < -0.4 is 0 Å². The highest BCUT2D eigenvalue weighted by molar-refractivity contribution is 5.91. The highest BCUT2D eigenvalue weighted by Gasteiger charge is 2.10. The van der Waals surface area contributed by atoms with Crippen molar-refractivity contribution in [3.63, 3.8) is 0 Å². The monoisotopic (exact) mass is 315 g/mol. The van der Waals surface area contributed by atoms with Crippen LogP contribution in [0.25, 0.3) is 22.2 Å². The summed E-state index contributed by atoms with van der Waals surface area (Å²) in [4.78, 5) is 3.47. The molecule has 1 aromatic heterocycles. The number of nitrogens with one attached hydrogen (secondary N) is 1. The van der Waals surface area contributed by atoms with Gasteiger partial charge < -0.3 is 4.98 Å². The number of aromatic amines is 1. The Morgan fingerprint density at radius 3 is 2.33 bits per heavy atom. The molecule has 0 fully saturated rings. The third-order valence-corrected chi connectivity index (χ3v) is 4.51. The van der Waals surface area contributed by atoms with Crippen LogP contribution in [-0.2, 0) is 6.42 Å². The number of hydrogen-bond acceptors (Lipinski definition) is 0. The summed E-state index contributed by atoms with van der Waals surface area (Å²) in [5.74, 6) is -0.210. The Bertz CT molecular complexity index is 982. The molecule has 0 radical (unpaired) electrons. The highest BCUT2D eigenvalue weighted by atomic mass is 19.1. The second kappa shape index (κ2) is 5.97. The fourth-order valence-electron chi connectivity index (χ4n) is 3.22. The molecule has 0 saturated carbocycles. The molecule has 118 valence electrons. The van der Waals surface area contributed by atoms with Gasteiger partial charge in [-0.25, -0.2) is 4.39 Å². The van der Waals surface area contributed by atoms with Gasteiger partial charge in [-0.05, 0) is 72.0 Å². The van der Waals surface area contributed by atoms with E-state index in [0.717, 1.165) is 23.2 Å².